The fraction of sp³-hybridized carbons (Fsp3) is 0.261. The summed E-state index contributed by atoms with van der Waals surface area (Å²) in [6, 6.07) is 17.1. The van der Waals surface area contributed by atoms with Crippen molar-refractivity contribution in [3.05, 3.63) is 88.5 Å². The minimum absolute atomic E-state index is 0.287. The number of benzene rings is 2. The summed E-state index contributed by atoms with van der Waals surface area (Å²) in [5, 5.41) is 9.81. The van der Waals surface area contributed by atoms with E-state index in [9.17, 15) is 4.79 Å². The van der Waals surface area contributed by atoms with Crippen molar-refractivity contribution < 1.29 is 9.90 Å². The van der Waals surface area contributed by atoms with Crippen molar-refractivity contribution in [1.29, 1.82) is 0 Å². The molecule has 0 aromatic heterocycles. The summed E-state index contributed by atoms with van der Waals surface area (Å²) in [6.45, 7) is 9.29. The van der Waals surface area contributed by atoms with E-state index in [-0.39, 0.29) is 5.56 Å². The van der Waals surface area contributed by atoms with E-state index < -0.39 is 5.97 Å². The maximum absolute atomic E-state index is 11.0. The summed E-state index contributed by atoms with van der Waals surface area (Å²) < 4.78 is 2.21. The van der Waals surface area contributed by atoms with Crippen LogP contribution in [-0.4, -0.2) is 21.9 Å². The molecule has 0 radical (unpaired) electrons. The molecule has 0 spiro atoms. The average Bonchev–Trinajstić information content (AvgIpc) is 2.70. The topological polar surface area (TPSA) is 40.5 Å². The molecule has 1 N–H and O–H groups in total. The van der Waals surface area contributed by atoms with Crippen LogP contribution in [0.1, 0.15) is 43.6 Å². The maximum atomic E-state index is 11.0. The van der Waals surface area contributed by atoms with Gasteiger partial charge in [0.05, 0.1) is 5.56 Å². The summed E-state index contributed by atoms with van der Waals surface area (Å²) in [6.07, 6.45) is 4.00. The number of carboxylic acids is 1. The lowest BCUT2D eigenvalue weighted by atomic mass is 10.2. The van der Waals surface area contributed by atoms with Crippen molar-refractivity contribution in [3.8, 4) is 0 Å². The first-order chi connectivity index (χ1) is 13.5. The van der Waals surface area contributed by atoms with Gasteiger partial charge >= 0.3 is 5.97 Å². The lowest BCUT2D eigenvalue weighted by Crippen LogP contribution is -2.18. The largest absolute Gasteiger partial charge is 0.478 e. The summed E-state index contributed by atoms with van der Waals surface area (Å²) in [5.41, 5.74) is 2.55. The number of carboxylic acid groups (broad SMARTS) is 1. The van der Waals surface area contributed by atoms with Crippen molar-refractivity contribution in [2.75, 3.05) is 6.54 Å². The van der Waals surface area contributed by atoms with Gasteiger partial charge in [0.25, 0.3) is 0 Å². The number of hydrogen-bond acceptors (Lipinski definition) is 3. The molecule has 5 heteroatoms. The zero-order chi connectivity index (χ0) is 20.9. The van der Waals surface area contributed by atoms with Crippen LogP contribution in [0.2, 0.25) is 0 Å². The van der Waals surface area contributed by atoms with E-state index in [1.807, 2.05) is 70.2 Å². The highest BCUT2D eigenvalue weighted by atomic mass is 35.5. The van der Waals surface area contributed by atoms with Crippen LogP contribution in [-0.2, 0) is 6.54 Å². The fourth-order valence-corrected chi connectivity index (χ4v) is 3.48. The Labute approximate surface area is 177 Å². The molecule has 2 rings (SSSR count). The van der Waals surface area contributed by atoms with E-state index in [0.29, 0.717) is 6.54 Å². The average molecular weight is 418 g/mol. The molecule has 0 heterocycles. The molecular weight excluding hydrogens is 390 g/mol. The smallest absolute Gasteiger partial charge is 0.335 e. The Bertz CT molecular complexity index is 782. The number of carbonyl (C=O) groups is 1. The van der Waals surface area contributed by atoms with Crippen LogP contribution in [0.3, 0.4) is 0 Å². The Morgan fingerprint density at radius 2 is 1.71 bits per heavy atom. The van der Waals surface area contributed by atoms with Crippen LogP contribution in [0.4, 0.5) is 0 Å². The van der Waals surface area contributed by atoms with Crippen LogP contribution in [0.25, 0.3) is 0 Å². The van der Waals surface area contributed by atoms with E-state index >= 15 is 0 Å². The van der Waals surface area contributed by atoms with Gasteiger partial charge in [-0.1, -0.05) is 67.9 Å². The van der Waals surface area contributed by atoms with Gasteiger partial charge in [0.2, 0.25) is 0 Å². The Balaban J connectivity index is 0.00000190. The minimum atomic E-state index is -0.918. The highest BCUT2D eigenvalue weighted by Crippen LogP contribution is 2.27. The monoisotopic (exact) mass is 417 g/mol. The van der Waals surface area contributed by atoms with Crippen LogP contribution < -0.4 is 0 Å². The highest BCUT2D eigenvalue weighted by Gasteiger charge is 2.12. The second-order valence-electron chi connectivity index (χ2n) is 5.76. The van der Waals surface area contributed by atoms with Crippen molar-refractivity contribution in [2.24, 2.45) is 0 Å². The molecule has 0 atom stereocenters. The molecule has 2 aromatic rings. The van der Waals surface area contributed by atoms with Crippen molar-refractivity contribution in [2.45, 2.75) is 39.1 Å². The summed E-state index contributed by atoms with van der Waals surface area (Å²) in [5.74, 6) is -0.918. The Morgan fingerprint density at radius 3 is 2.21 bits per heavy atom. The molecule has 0 saturated carbocycles. The Kier molecular flexibility index (Phi) is 11.3. The molecule has 0 bridgehead atoms. The van der Waals surface area contributed by atoms with Gasteiger partial charge in [-0.2, -0.15) is 0 Å². The molecule has 150 valence electrons. The number of halogens is 1. The molecule has 0 saturated heterocycles. The lowest BCUT2D eigenvalue weighted by Gasteiger charge is -2.22. The van der Waals surface area contributed by atoms with Crippen LogP contribution in [0.5, 0.6) is 0 Å². The second-order valence-corrected chi connectivity index (χ2v) is 7.50. The Morgan fingerprint density at radius 1 is 1.11 bits per heavy atom. The maximum Gasteiger partial charge on any atom is 0.335 e. The number of aromatic carboxylic acids is 1. The number of rotatable bonds is 8. The van der Waals surface area contributed by atoms with Crippen LogP contribution in [0, 0.1) is 0 Å². The fourth-order valence-electron chi connectivity index (χ4n) is 2.38. The van der Waals surface area contributed by atoms with Gasteiger partial charge in [-0.05, 0) is 61.2 Å². The zero-order valence-electron chi connectivity index (χ0n) is 16.9. The summed E-state index contributed by atoms with van der Waals surface area (Å²) in [7, 11) is 0. The SMILES string of the molecule is C/C=C\C(CN(Cc1ccccc1)Sc1ccc(C(=O)O)cc1)=C(/C)Cl.CC. The minimum Gasteiger partial charge on any atom is -0.478 e. The third-order valence-corrected chi connectivity index (χ3v) is 4.94. The van der Waals surface area contributed by atoms with Gasteiger partial charge in [-0.15, -0.1) is 0 Å². The van der Waals surface area contributed by atoms with Crippen molar-refractivity contribution >= 4 is 29.5 Å². The van der Waals surface area contributed by atoms with Gasteiger partial charge in [0, 0.05) is 23.0 Å². The van der Waals surface area contributed by atoms with E-state index in [4.69, 9.17) is 16.7 Å². The normalized spacial score (nSPS) is 11.8. The number of hydrogen-bond donors (Lipinski definition) is 1. The number of allylic oxidation sites excluding steroid dienone is 2. The van der Waals surface area contributed by atoms with Gasteiger partial charge in [-0.3, -0.25) is 0 Å². The van der Waals surface area contributed by atoms with Crippen molar-refractivity contribution in [1.82, 2.24) is 4.31 Å². The van der Waals surface area contributed by atoms with Gasteiger partial charge < -0.3 is 5.11 Å². The molecular formula is C23H28ClNO2S. The highest BCUT2D eigenvalue weighted by molar-refractivity contribution is 7.97. The van der Waals surface area contributed by atoms with E-state index in [0.717, 1.165) is 22.0 Å². The standard InChI is InChI=1S/C21H22ClNO2S.C2H6/c1-3-7-19(16(2)22)15-23(14-17-8-5-4-6-9-17)26-20-12-10-18(11-13-20)21(24)25;1-2/h3-13H,14-15H2,1-2H3,(H,24,25);1-2H3/b7-3-,19-16-;. The molecule has 0 amide bonds. The van der Waals surface area contributed by atoms with Crippen LogP contribution in [0.15, 0.2) is 82.3 Å². The second kappa shape index (κ2) is 13.2. The zero-order valence-corrected chi connectivity index (χ0v) is 18.4. The molecule has 0 aliphatic heterocycles. The molecule has 0 unspecified atom stereocenters. The molecule has 2 aromatic carbocycles. The quantitative estimate of drug-likeness (QED) is 0.370. The first-order valence-corrected chi connectivity index (χ1v) is 10.4. The van der Waals surface area contributed by atoms with Gasteiger partial charge in [-0.25, -0.2) is 9.10 Å². The lowest BCUT2D eigenvalue weighted by molar-refractivity contribution is 0.0697. The van der Waals surface area contributed by atoms with E-state index in [1.165, 1.54) is 5.56 Å². The number of nitrogens with zero attached hydrogens (tertiary/aromatic N) is 1. The van der Waals surface area contributed by atoms with Gasteiger partial charge in [0.15, 0.2) is 0 Å². The first-order valence-electron chi connectivity index (χ1n) is 9.27. The van der Waals surface area contributed by atoms with Gasteiger partial charge in [0.1, 0.15) is 0 Å². The third kappa shape index (κ3) is 8.34. The summed E-state index contributed by atoms with van der Waals surface area (Å²) in [4.78, 5) is 12.0. The molecule has 28 heavy (non-hydrogen) atoms. The third-order valence-electron chi connectivity index (χ3n) is 3.69. The molecule has 0 aliphatic rings. The first kappa shape index (κ1) is 24.0. The van der Waals surface area contributed by atoms with E-state index in [1.54, 1.807) is 24.1 Å². The molecule has 3 nitrogen and oxygen atoms in total. The Hall–Kier alpha value is -2.01. The van der Waals surface area contributed by atoms with Crippen molar-refractivity contribution in [3.63, 3.8) is 0 Å². The molecule has 0 aliphatic carbocycles. The van der Waals surface area contributed by atoms with Crippen LogP contribution >= 0.6 is 23.5 Å². The predicted molar refractivity (Wildman–Crippen MR) is 121 cm³/mol. The predicted octanol–water partition coefficient (Wildman–Crippen LogP) is 7.01. The summed E-state index contributed by atoms with van der Waals surface area (Å²) >= 11 is 7.84. The van der Waals surface area contributed by atoms with E-state index in [2.05, 4.69) is 16.4 Å². The molecule has 0 fully saturated rings.